The van der Waals surface area contributed by atoms with Crippen molar-refractivity contribution in [2.45, 2.75) is 20.4 Å². The first-order valence-electron chi connectivity index (χ1n) is 10.5. The van der Waals surface area contributed by atoms with Crippen molar-refractivity contribution in [2.75, 3.05) is 6.61 Å². The maximum Gasteiger partial charge on any atom is 0.255 e. The van der Waals surface area contributed by atoms with Crippen molar-refractivity contribution >= 4 is 17.5 Å². The van der Waals surface area contributed by atoms with Crippen LogP contribution in [0, 0.1) is 6.92 Å². The summed E-state index contributed by atoms with van der Waals surface area (Å²) in [4.78, 5) is 17.0. The monoisotopic (exact) mass is 462 g/mol. The van der Waals surface area contributed by atoms with Crippen LogP contribution in [0.5, 0.6) is 17.4 Å². The van der Waals surface area contributed by atoms with Crippen LogP contribution in [0.3, 0.4) is 0 Å². The maximum absolute atomic E-state index is 12.7. The molecule has 8 heteroatoms. The van der Waals surface area contributed by atoms with E-state index in [1.165, 1.54) is 0 Å². The van der Waals surface area contributed by atoms with E-state index < -0.39 is 0 Å². The highest BCUT2D eigenvalue weighted by atomic mass is 35.5. The lowest BCUT2D eigenvalue weighted by Gasteiger charge is -2.11. The van der Waals surface area contributed by atoms with Crippen LogP contribution in [0.1, 0.15) is 28.5 Å². The summed E-state index contributed by atoms with van der Waals surface area (Å²) in [5.74, 6) is 1.48. The lowest BCUT2D eigenvalue weighted by atomic mass is 10.2. The van der Waals surface area contributed by atoms with Gasteiger partial charge in [0.05, 0.1) is 29.7 Å². The Morgan fingerprint density at radius 2 is 1.88 bits per heavy atom. The van der Waals surface area contributed by atoms with Crippen molar-refractivity contribution in [2.24, 2.45) is 0 Å². The summed E-state index contributed by atoms with van der Waals surface area (Å²) >= 11 is 6.07. The lowest BCUT2D eigenvalue weighted by molar-refractivity contribution is 0.0950. The number of para-hydroxylation sites is 2. The topological polar surface area (TPSA) is 78.3 Å². The molecule has 0 radical (unpaired) electrons. The quantitative estimate of drug-likeness (QED) is 0.382. The van der Waals surface area contributed by atoms with Crippen LogP contribution in [0.2, 0.25) is 5.02 Å². The summed E-state index contributed by atoms with van der Waals surface area (Å²) in [7, 11) is 0. The van der Waals surface area contributed by atoms with E-state index in [2.05, 4.69) is 15.4 Å². The highest BCUT2D eigenvalue weighted by Gasteiger charge is 2.15. The molecule has 0 spiro atoms. The second-order valence-corrected chi connectivity index (χ2v) is 7.64. The molecule has 0 aliphatic heterocycles. The number of carbonyl (C=O) groups is 1. The number of carbonyl (C=O) groups excluding carboxylic acids is 1. The molecule has 0 aliphatic carbocycles. The van der Waals surface area contributed by atoms with Crippen molar-refractivity contribution in [1.82, 2.24) is 20.1 Å². The maximum atomic E-state index is 12.7. The number of pyridine rings is 1. The van der Waals surface area contributed by atoms with Crippen molar-refractivity contribution in [1.29, 1.82) is 0 Å². The van der Waals surface area contributed by atoms with Gasteiger partial charge in [0.2, 0.25) is 5.88 Å². The third kappa shape index (κ3) is 5.32. The molecule has 1 amide bonds. The van der Waals surface area contributed by atoms with Crippen molar-refractivity contribution in [3.05, 3.63) is 94.9 Å². The van der Waals surface area contributed by atoms with Gasteiger partial charge in [-0.15, -0.1) is 0 Å². The van der Waals surface area contributed by atoms with Gasteiger partial charge in [0.25, 0.3) is 5.91 Å². The SMILES string of the molecule is CCOc1ccccc1Oc1ccc(CNC(=O)c2cnn(-c3cccc(Cl)c3)c2C)cn1. The zero-order valence-electron chi connectivity index (χ0n) is 18.3. The van der Waals surface area contributed by atoms with Gasteiger partial charge >= 0.3 is 0 Å². The predicted molar refractivity (Wildman–Crippen MR) is 126 cm³/mol. The fraction of sp³-hybridized carbons (Fsp3) is 0.160. The zero-order valence-corrected chi connectivity index (χ0v) is 19.0. The van der Waals surface area contributed by atoms with Gasteiger partial charge in [-0.1, -0.05) is 35.9 Å². The molecule has 0 unspecified atom stereocenters. The van der Waals surface area contributed by atoms with Gasteiger partial charge in [-0.3, -0.25) is 4.79 Å². The Balaban J connectivity index is 1.39. The summed E-state index contributed by atoms with van der Waals surface area (Å²) in [6, 6.07) is 18.4. The van der Waals surface area contributed by atoms with E-state index in [1.807, 2.05) is 56.3 Å². The molecule has 1 N–H and O–H groups in total. The number of nitrogens with zero attached hydrogens (tertiary/aromatic N) is 3. The molecule has 33 heavy (non-hydrogen) atoms. The van der Waals surface area contributed by atoms with Crippen LogP contribution in [-0.2, 0) is 6.54 Å². The Bertz CT molecular complexity index is 1250. The Hall–Kier alpha value is -3.84. The summed E-state index contributed by atoms with van der Waals surface area (Å²) in [5, 5.41) is 7.85. The molecular formula is C25H23ClN4O3. The number of amides is 1. The molecule has 168 valence electrons. The fourth-order valence-corrected chi connectivity index (χ4v) is 3.46. The Labute approximate surface area is 196 Å². The Kier molecular flexibility index (Phi) is 6.90. The number of rotatable bonds is 8. The average Bonchev–Trinajstić information content (AvgIpc) is 3.21. The molecule has 0 saturated carbocycles. The van der Waals surface area contributed by atoms with E-state index >= 15 is 0 Å². The standard InChI is InChI=1S/C25H23ClN4O3/c1-3-32-22-9-4-5-10-23(22)33-24-12-11-18(14-27-24)15-28-25(31)21-16-29-30(17(21)2)20-8-6-7-19(26)13-20/h4-14,16H,3,15H2,1-2H3,(H,28,31). The fourth-order valence-electron chi connectivity index (χ4n) is 3.28. The van der Waals surface area contributed by atoms with Gasteiger partial charge in [-0.05, 0) is 49.7 Å². The Morgan fingerprint density at radius 3 is 2.61 bits per heavy atom. The summed E-state index contributed by atoms with van der Waals surface area (Å²) < 4.78 is 13.1. The molecule has 0 saturated heterocycles. The Morgan fingerprint density at radius 1 is 1.06 bits per heavy atom. The molecule has 0 fully saturated rings. The van der Waals surface area contributed by atoms with Crippen LogP contribution < -0.4 is 14.8 Å². The second kappa shape index (κ2) is 10.2. The van der Waals surface area contributed by atoms with Crippen LogP contribution >= 0.6 is 11.6 Å². The third-order valence-electron chi connectivity index (χ3n) is 4.92. The number of hydrogen-bond donors (Lipinski definition) is 1. The number of benzene rings is 2. The van der Waals surface area contributed by atoms with E-state index in [0.717, 1.165) is 16.9 Å². The minimum absolute atomic E-state index is 0.216. The smallest absolute Gasteiger partial charge is 0.255 e. The largest absolute Gasteiger partial charge is 0.490 e. The van der Waals surface area contributed by atoms with Gasteiger partial charge in [0, 0.05) is 23.8 Å². The van der Waals surface area contributed by atoms with Crippen LogP contribution in [0.4, 0.5) is 0 Å². The van der Waals surface area contributed by atoms with E-state index in [-0.39, 0.29) is 5.91 Å². The van der Waals surface area contributed by atoms with E-state index in [0.29, 0.717) is 41.1 Å². The molecule has 0 atom stereocenters. The van der Waals surface area contributed by atoms with Crippen molar-refractivity contribution in [3.63, 3.8) is 0 Å². The molecule has 2 aromatic heterocycles. The van der Waals surface area contributed by atoms with Gasteiger partial charge in [0.15, 0.2) is 11.5 Å². The minimum Gasteiger partial charge on any atom is -0.490 e. The molecule has 2 aromatic carbocycles. The van der Waals surface area contributed by atoms with E-state index in [1.54, 1.807) is 35.3 Å². The van der Waals surface area contributed by atoms with E-state index in [4.69, 9.17) is 21.1 Å². The third-order valence-corrected chi connectivity index (χ3v) is 5.16. The van der Waals surface area contributed by atoms with Gasteiger partial charge in [-0.25, -0.2) is 9.67 Å². The number of aromatic nitrogens is 3. The minimum atomic E-state index is -0.216. The van der Waals surface area contributed by atoms with Crippen molar-refractivity contribution < 1.29 is 14.3 Å². The van der Waals surface area contributed by atoms with Gasteiger partial charge < -0.3 is 14.8 Å². The van der Waals surface area contributed by atoms with Crippen LogP contribution in [0.15, 0.2) is 73.1 Å². The average molecular weight is 463 g/mol. The van der Waals surface area contributed by atoms with Crippen LogP contribution in [-0.4, -0.2) is 27.3 Å². The highest BCUT2D eigenvalue weighted by molar-refractivity contribution is 6.30. The molecule has 4 rings (SSSR count). The molecule has 2 heterocycles. The highest BCUT2D eigenvalue weighted by Crippen LogP contribution is 2.30. The zero-order chi connectivity index (χ0) is 23.2. The molecule has 7 nitrogen and oxygen atoms in total. The molecule has 0 bridgehead atoms. The normalized spacial score (nSPS) is 10.6. The van der Waals surface area contributed by atoms with Crippen LogP contribution in [0.25, 0.3) is 5.69 Å². The summed E-state index contributed by atoms with van der Waals surface area (Å²) in [5.41, 5.74) is 2.86. The molecule has 4 aromatic rings. The number of halogens is 1. The first-order valence-corrected chi connectivity index (χ1v) is 10.9. The second-order valence-electron chi connectivity index (χ2n) is 7.20. The molecule has 0 aliphatic rings. The number of nitrogens with one attached hydrogen (secondary N) is 1. The number of ether oxygens (including phenoxy) is 2. The van der Waals surface area contributed by atoms with Gasteiger partial charge in [0.1, 0.15) is 0 Å². The van der Waals surface area contributed by atoms with Crippen molar-refractivity contribution in [3.8, 4) is 23.1 Å². The molecular weight excluding hydrogens is 440 g/mol. The lowest BCUT2D eigenvalue weighted by Crippen LogP contribution is -2.23. The van der Waals surface area contributed by atoms with Gasteiger partial charge in [-0.2, -0.15) is 5.10 Å². The van der Waals surface area contributed by atoms with E-state index in [9.17, 15) is 4.79 Å². The first kappa shape index (κ1) is 22.4. The summed E-state index contributed by atoms with van der Waals surface area (Å²) in [6.45, 7) is 4.63. The number of hydrogen-bond acceptors (Lipinski definition) is 5. The summed E-state index contributed by atoms with van der Waals surface area (Å²) in [6.07, 6.45) is 3.22. The predicted octanol–water partition coefficient (Wildman–Crippen LogP) is 5.35. The first-order chi connectivity index (χ1) is 16.0.